The highest BCUT2D eigenvalue weighted by molar-refractivity contribution is 6.13. The minimum atomic E-state index is -5.09. The fourth-order valence-electron chi connectivity index (χ4n) is 6.87. The molecular formula is C28H35F3N2O7. The van der Waals surface area contributed by atoms with Crippen LogP contribution in [-0.4, -0.2) is 76.5 Å². The number of phenols is 1. The number of ether oxygens (including phenoxy) is 1. The van der Waals surface area contributed by atoms with Crippen LogP contribution in [0.15, 0.2) is 23.0 Å². The molecule has 0 amide bonds. The van der Waals surface area contributed by atoms with Crippen molar-refractivity contribution in [2.75, 3.05) is 27.7 Å². The van der Waals surface area contributed by atoms with Crippen LogP contribution in [0, 0.1) is 11.3 Å². The van der Waals surface area contributed by atoms with Crippen molar-refractivity contribution in [1.29, 1.82) is 0 Å². The number of ketones is 2. The van der Waals surface area contributed by atoms with Crippen molar-refractivity contribution in [1.82, 2.24) is 10.2 Å². The molecular weight excluding hydrogens is 533 g/mol. The zero-order chi connectivity index (χ0) is 29.9. The van der Waals surface area contributed by atoms with E-state index < -0.39 is 69.5 Å². The number of aliphatic hydroxyl groups excluding tert-OH is 2. The van der Waals surface area contributed by atoms with Gasteiger partial charge in [0, 0.05) is 46.7 Å². The quantitative estimate of drug-likeness (QED) is 0.332. The Bertz CT molecular complexity index is 1320. The lowest BCUT2D eigenvalue weighted by Gasteiger charge is -2.55. The highest BCUT2D eigenvalue weighted by Gasteiger charge is 2.67. The number of alkyl halides is 3. The van der Waals surface area contributed by atoms with Gasteiger partial charge in [-0.05, 0) is 59.3 Å². The standard InChI is InChI=1S/C28H35F3N2O7/c1-6-7-17(32-3)15-9-18(34)21-16(23(15)40-28(29,30)31)8-14-10-26(12-33(4)5)11-19(35)13(2)24(37)27(26,39)25(38)20(14)22(21)36/h9,14,17,32,34,36-37,39H,6-8,10-12H2,1-5H3/t14?,17?,26-,27+/m0/s1. The molecule has 2 unspecified atom stereocenters. The molecule has 0 aromatic heterocycles. The van der Waals surface area contributed by atoms with Gasteiger partial charge in [0.15, 0.2) is 11.4 Å². The lowest BCUT2D eigenvalue weighted by atomic mass is 9.51. The number of benzene rings is 1. The van der Waals surface area contributed by atoms with Gasteiger partial charge in [0.25, 0.3) is 0 Å². The Morgan fingerprint density at radius 2 is 1.88 bits per heavy atom. The van der Waals surface area contributed by atoms with Gasteiger partial charge in [0.1, 0.15) is 23.0 Å². The number of rotatable bonds is 7. The summed E-state index contributed by atoms with van der Waals surface area (Å²) in [6.07, 6.45) is -4.73. The van der Waals surface area contributed by atoms with E-state index >= 15 is 0 Å². The number of carbonyl (C=O) groups excluding carboxylic acids is 2. The summed E-state index contributed by atoms with van der Waals surface area (Å²) in [4.78, 5) is 28.6. The Labute approximate surface area is 229 Å². The predicted molar refractivity (Wildman–Crippen MR) is 139 cm³/mol. The fourth-order valence-corrected chi connectivity index (χ4v) is 6.87. The summed E-state index contributed by atoms with van der Waals surface area (Å²) >= 11 is 0. The monoisotopic (exact) mass is 568 g/mol. The highest BCUT2D eigenvalue weighted by Crippen LogP contribution is 2.59. The lowest BCUT2D eigenvalue weighted by molar-refractivity contribution is -0.275. The average Bonchev–Trinajstić information content (AvgIpc) is 2.84. The summed E-state index contributed by atoms with van der Waals surface area (Å²) in [6, 6.07) is 0.456. The number of halogens is 3. The van der Waals surface area contributed by atoms with Crippen molar-refractivity contribution >= 4 is 17.3 Å². The summed E-state index contributed by atoms with van der Waals surface area (Å²) in [7, 11) is 4.89. The van der Waals surface area contributed by atoms with Gasteiger partial charge >= 0.3 is 6.36 Å². The molecule has 3 aliphatic rings. The van der Waals surface area contributed by atoms with Crippen molar-refractivity contribution in [2.24, 2.45) is 11.3 Å². The zero-order valence-corrected chi connectivity index (χ0v) is 23.1. The molecule has 4 atom stereocenters. The van der Waals surface area contributed by atoms with Crippen LogP contribution in [0.1, 0.15) is 62.3 Å². The number of allylic oxidation sites excluding steroid dienone is 1. The van der Waals surface area contributed by atoms with E-state index in [9.17, 15) is 43.2 Å². The molecule has 12 heteroatoms. The van der Waals surface area contributed by atoms with Crippen molar-refractivity contribution in [3.8, 4) is 11.5 Å². The molecule has 0 bridgehead atoms. The number of hydrogen-bond acceptors (Lipinski definition) is 9. The first-order valence-electron chi connectivity index (χ1n) is 13.1. The van der Waals surface area contributed by atoms with Crippen LogP contribution in [0.2, 0.25) is 0 Å². The van der Waals surface area contributed by atoms with E-state index in [0.717, 1.165) is 6.07 Å². The zero-order valence-electron chi connectivity index (χ0n) is 23.1. The van der Waals surface area contributed by atoms with Crippen LogP contribution in [0.4, 0.5) is 13.2 Å². The molecule has 220 valence electrons. The van der Waals surface area contributed by atoms with E-state index in [1.54, 1.807) is 26.0 Å². The Morgan fingerprint density at radius 3 is 2.42 bits per heavy atom. The van der Waals surface area contributed by atoms with Gasteiger partial charge in [-0.1, -0.05) is 13.3 Å². The molecule has 1 fully saturated rings. The van der Waals surface area contributed by atoms with Crippen molar-refractivity contribution in [2.45, 2.75) is 64.0 Å². The van der Waals surface area contributed by atoms with Crippen molar-refractivity contribution in [3.05, 3.63) is 39.7 Å². The third-order valence-corrected chi connectivity index (χ3v) is 8.47. The smallest absolute Gasteiger partial charge is 0.508 e. The summed E-state index contributed by atoms with van der Waals surface area (Å²) in [6.45, 7) is 3.14. The third kappa shape index (κ3) is 4.46. The number of hydrogen-bond donors (Lipinski definition) is 5. The van der Waals surface area contributed by atoms with Gasteiger partial charge in [0.2, 0.25) is 5.78 Å². The number of aliphatic hydroxyl groups is 3. The van der Waals surface area contributed by atoms with E-state index in [1.807, 2.05) is 6.92 Å². The van der Waals surface area contributed by atoms with Gasteiger partial charge in [-0.2, -0.15) is 0 Å². The summed E-state index contributed by atoms with van der Waals surface area (Å²) in [5.41, 5.74) is -5.08. The first-order valence-corrected chi connectivity index (χ1v) is 13.1. The second kappa shape index (κ2) is 10.1. The van der Waals surface area contributed by atoms with E-state index in [1.165, 1.54) is 6.92 Å². The molecule has 4 rings (SSSR count). The number of nitrogens with one attached hydrogen (secondary N) is 1. The molecule has 0 aliphatic heterocycles. The summed E-state index contributed by atoms with van der Waals surface area (Å²) in [5.74, 6) is -5.20. The Kier molecular flexibility index (Phi) is 7.53. The average molecular weight is 569 g/mol. The molecule has 0 saturated heterocycles. The maximum absolute atomic E-state index is 14.0. The topological polar surface area (TPSA) is 140 Å². The Morgan fingerprint density at radius 1 is 1.23 bits per heavy atom. The first kappa shape index (κ1) is 29.9. The predicted octanol–water partition coefficient (Wildman–Crippen LogP) is 3.85. The van der Waals surface area contributed by atoms with Crippen LogP contribution in [0.3, 0.4) is 0 Å². The van der Waals surface area contributed by atoms with E-state index in [2.05, 4.69) is 10.1 Å². The first-order chi connectivity index (χ1) is 18.5. The van der Waals surface area contributed by atoms with E-state index in [0.29, 0.717) is 12.8 Å². The van der Waals surface area contributed by atoms with Gasteiger partial charge in [-0.15, -0.1) is 13.2 Å². The molecule has 0 heterocycles. The SMILES string of the molecule is CCCC(NC)c1cc(O)c2c(c1OC(F)(F)F)CC1C[C@@]3(CN(C)C)CC(=O)C(C)=C(O)[C@@]3(O)C(=O)C1=C2O. The maximum Gasteiger partial charge on any atom is 0.573 e. The molecule has 0 radical (unpaired) electrons. The number of carbonyl (C=O) groups is 2. The highest BCUT2D eigenvalue weighted by atomic mass is 19.4. The van der Waals surface area contributed by atoms with Crippen LogP contribution in [-0.2, 0) is 16.0 Å². The van der Waals surface area contributed by atoms with Gasteiger partial charge < -0.3 is 35.4 Å². The summed E-state index contributed by atoms with van der Waals surface area (Å²) in [5, 5.41) is 48.1. The minimum Gasteiger partial charge on any atom is -0.508 e. The van der Waals surface area contributed by atoms with Crippen LogP contribution in [0.25, 0.3) is 5.76 Å². The largest absolute Gasteiger partial charge is 0.573 e. The molecule has 40 heavy (non-hydrogen) atoms. The molecule has 5 N–H and O–H groups in total. The maximum atomic E-state index is 14.0. The fraction of sp³-hybridized carbons (Fsp3) is 0.571. The molecule has 9 nitrogen and oxygen atoms in total. The van der Waals surface area contributed by atoms with Crippen molar-refractivity contribution in [3.63, 3.8) is 0 Å². The number of aromatic hydroxyl groups is 1. The van der Waals surface area contributed by atoms with Crippen LogP contribution >= 0.6 is 0 Å². The molecule has 1 aromatic rings. The second-order valence-corrected chi connectivity index (χ2v) is 11.3. The van der Waals surface area contributed by atoms with Crippen LogP contribution in [0.5, 0.6) is 11.5 Å². The van der Waals surface area contributed by atoms with Gasteiger partial charge in [-0.3, -0.25) is 9.59 Å². The number of fused-ring (bicyclic) bond motifs is 3. The van der Waals surface area contributed by atoms with Gasteiger partial charge in [0.05, 0.1) is 5.56 Å². The molecule has 1 aromatic carbocycles. The summed E-state index contributed by atoms with van der Waals surface area (Å²) < 4.78 is 45.6. The van der Waals surface area contributed by atoms with E-state index in [-0.39, 0.29) is 48.1 Å². The minimum absolute atomic E-state index is 0.00868. The number of phenolic OH excluding ortho intramolecular Hbond substituents is 1. The molecule has 3 aliphatic carbocycles. The normalized spacial score (nSPS) is 27.5. The van der Waals surface area contributed by atoms with Crippen molar-refractivity contribution < 1.29 is 47.9 Å². The number of nitrogens with zero attached hydrogens (tertiary/aromatic N) is 1. The molecule has 0 spiro atoms. The van der Waals surface area contributed by atoms with Gasteiger partial charge in [-0.25, -0.2) is 0 Å². The third-order valence-electron chi connectivity index (χ3n) is 8.47. The Balaban J connectivity index is 2.01. The number of Topliss-reactive ketones (excluding diaryl/α,β-unsaturated/α-hetero) is 2. The second-order valence-electron chi connectivity index (χ2n) is 11.3. The van der Waals surface area contributed by atoms with E-state index in [4.69, 9.17) is 0 Å². The molecule has 1 saturated carbocycles. The van der Waals surface area contributed by atoms with Crippen LogP contribution < -0.4 is 10.1 Å². The lowest BCUT2D eigenvalue weighted by Crippen LogP contribution is -2.66. The Hall–Kier alpha value is -3.09.